The quantitative estimate of drug-likeness (QED) is 0.796. The summed E-state index contributed by atoms with van der Waals surface area (Å²) in [5.41, 5.74) is 5.43. The number of primary amides is 1. The van der Waals surface area contributed by atoms with Crippen LogP contribution in [0, 0.1) is 0 Å². The molecule has 0 bridgehead atoms. The van der Waals surface area contributed by atoms with Gasteiger partial charge in [-0.25, -0.2) is 0 Å². The molecule has 0 saturated heterocycles. The summed E-state index contributed by atoms with van der Waals surface area (Å²) in [7, 11) is 1.47. The van der Waals surface area contributed by atoms with Gasteiger partial charge in [0, 0.05) is 0 Å². The molecule has 0 radical (unpaired) electrons. The number of benzene rings is 1. The van der Waals surface area contributed by atoms with Crippen molar-refractivity contribution in [1.29, 1.82) is 0 Å². The molecule has 0 aliphatic rings. The van der Waals surface area contributed by atoms with Gasteiger partial charge in [-0.3, -0.25) is 9.59 Å². The minimum absolute atomic E-state index is 0.151. The van der Waals surface area contributed by atoms with Crippen LogP contribution < -0.4 is 20.5 Å². The molecule has 7 heteroatoms. The summed E-state index contributed by atoms with van der Waals surface area (Å²) in [6.07, 6.45) is 1.52. The zero-order valence-electron chi connectivity index (χ0n) is 12.0. The molecule has 1 aromatic carbocycles. The minimum Gasteiger partial charge on any atom is -0.497 e. The summed E-state index contributed by atoms with van der Waals surface area (Å²) in [6.45, 7) is 0.0216. The van der Waals surface area contributed by atoms with Gasteiger partial charge in [-0.2, -0.15) is 0 Å². The Balaban J connectivity index is 1.93. The van der Waals surface area contributed by atoms with Crippen molar-refractivity contribution in [3.8, 4) is 11.5 Å². The smallest absolute Gasteiger partial charge is 0.258 e. The number of furan rings is 1. The molecule has 2 rings (SSSR count). The molecule has 1 aromatic heterocycles. The Morgan fingerprint density at radius 3 is 2.77 bits per heavy atom. The molecule has 0 aliphatic heterocycles. The molecule has 0 unspecified atom stereocenters. The summed E-state index contributed by atoms with van der Waals surface area (Å²) in [5.74, 6) is 0.327. The topological polar surface area (TPSA) is 104 Å². The van der Waals surface area contributed by atoms with E-state index in [0.29, 0.717) is 11.5 Å². The van der Waals surface area contributed by atoms with E-state index < -0.39 is 5.91 Å². The summed E-state index contributed by atoms with van der Waals surface area (Å²) < 4.78 is 15.4. The van der Waals surface area contributed by atoms with Crippen molar-refractivity contribution in [3.05, 3.63) is 47.9 Å². The molecule has 2 amide bonds. The number of methoxy groups -OCH3 is 1. The van der Waals surface area contributed by atoms with E-state index in [4.69, 9.17) is 19.6 Å². The first kappa shape index (κ1) is 15.4. The largest absolute Gasteiger partial charge is 0.497 e. The molecule has 0 fully saturated rings. The molecule has 2 aromatic rings. The summed E-state index contributed by atoms with van der Waals surface area (Å²) >= 11 is 0. The Bertz CT molecular complexity index is 652. The van der Waals surface area contributed by atoms with Crippen LogP contribution in [-0.2, 0) is 11.3 Å². The minimum atomic E-state index is -0.662. The Hall–Kier alpha value is -2.96. The summed E-state index contributed by atoms with van der Waals surface area (Å²) in [4.78, 5) is 23.1. The Morgan fingerprint density at radius 2 is 2.14 bits per heavy atom. The lowest BCUT2D eigenvalue weighted by molar-refractivity contribution is -0.123. The van der Waals surface area contributed by atoms with Gasteiger partial charge in [-0.15, -0.1) is 0 Å². The van der Waals surface area contributed by atoms with Gasteiger partial charge in [0.15, 0.2) is 6.61 Å². The maximum Gasteiger partial charge on any atom is 0.258 e. The highest BCUT2D eigenvalue weighted by Gasteiger charge is 2.12. The highest BCUT2D eigenvalue weighted by molar-refractivity contribution is 5.96. The van der Waals surface area contributed by atoms with E-state index in [0.717, 1.165) is 0 Å². The van der Waals surface area contributed by atoms with E-state index >= 15 is 0 Å². The fourth-order valence-corrected chi connectivity index (χ4v) is 1.75. The number of hydrogen-bond acceptors (Lipinski definition) is 5. The van der Waals surface area contributed by atoms with Gasteiger partial charge in [0.1, 0.15) is 17.3 Å². The van der Waals surface area contributed by atoms with Crippen molar-refractivity contribution in [1.82, 2.24) is 5.32 Å². The number of carbonyl (C=O) groups is 2. The highest BCUT2D eigenvalue weighted by atomic mass is 16.5. The van der Waals surface area contributed by atoms with Crippen molar-refractivity contribution < 1.29 is 23.5 Å². The zero-order valence-corrected chi connectivity index (χ0v) is 12.0. The molecule has 7 nitrogen and oxygen atoms in total. The van der Waals surface area contributed by atoms with Crippen molar-refractivity contribution >= 4 is 11.8 Å². The van der Waals surface area contributed by atoms with Crippen LogP contribution in [0.2, 0.25) is 0 Å². The number of carbonyl (C=O) groups excluding carboxylic acids is 2. The van der Waals surface area contributed by atoms with Crippen molar-refractivity contribution in [2.24, 2.45) is 5.73 Å². The number of hydrogen-bond donors (Lipinski definition) is 2. The van der Waals surface area contributed by atoms with E-state index in [1.54, 1.807) is 18.2 Å². The molecule has 0 saturated carbocycles. The predicted octanol–water partition coefficient (Wildman–Crippen LogP) is 1.08. The number of rotatable bonds is 7. The van der Waals surface area contributed by atoms with E-state index in [-0.39, 0.29) is 30.4 Å². The maximum absolute atomic E-state index is 11.7. The molecule has 3 N–H and O–H groups in total. The average molecular weight is 304 g/mol. The van der Waals surface area contributed by atoms with Crippen LogP contribution in [0.3, 0.4) is 0 Å². The van der Waals surface area contributed by atoms with E-state index in [9.17, 15) is 9.59 Å². The number of amides is 2. The van der Waals surface area contributed by atoms with Crippen LogP contribution >= 0.6 is 0 Å². The number of nitrogens with one attached hydrogen (secondary N) is 1. The molecule has 0 aliphatic carbocycles. The molecule has 22 heavy (non-hydrogen) atoms. The first-order valence-electron chi connectivity index (χ1n) is 6.50. The third-order valence-electron chi connectivity index (χ3n) is 2.85. The average Bonchev–Trinajstić information content (AvgIpc) is 3.04. The molecular weight excluding hydrogens is 288 g/mol. The molecule has 0 atom stereocenters. The van der Waals surface area contributed by atoms with Gasteiger partial charge < -0.3 is 24.9 Å². The third-order valence-corrected chi connectivity index (χ3v) is 2.85. The lowest BCUT2D eigenvalue weighted by atomic mass is 10.2. The predicted molar refractivity (Wildman–Crippen MR) is 77.6 cm³/mol. The van der Waals surface area contributed by atoms with E-state index in [2.05, 4.69) is 5.32 Å². The molecule has 0 spiro atoms. The van der Waals surface area contributed by atoms with Crippen molar-refractivity contribution in [3.63, 3.8) is 0 Å². The fourth-order valence-electron chi connectivity index (χ4n) is 1.75. The monoisotopic (exact) mass is 304 g/mol. The van der Waals surface area contributed by atoms with Crippen LogP contribution in [0.1, 0.15) is 16.1 Å². The lowest BCUT2D eigenvalue weighted by Crippen LogP contribution is -2.28. The first-order chi connectivity index (χ1) is 10.6. The second-order valence-corrected chi connectivity index (χ2v) is 4.37. The highest BCUT2D eigenvalue weighted by Crippen LogP contribution is 2.23. The van der Waals surface area contributed by atoms with Crippen LogP contribution in [0.5, 0.6) is 11.5 Å². The van der Waals surface area contributed by atoms with Gasteiger partial charge in [-0.1, -0.05) is 0 Å². The Morgan fingerprint density at radius 1 is 1.32 bits per heavy atom. The van der Waals surface area contributed by atoms with Gasteiger partial charge in [-0.05, 0) is 30.3 Å². The molecular formula is C15H16N2O5. The van der Waals surface area contributed by atoms with E-state index in [1.165, 1.54) is 25.5 Å². The van der Waals surface area contributed by atoms with Gasteiger partial charge >= 0.3 is 0 Å². The fraction of sp³-hybridized carbons (Fsp3) is 0.200. The van der Waals surface area contributed by atoms with Crippen LogP contribution in [0.25, 0.3) is 0 Å². The number of ether oxygens (including phenoxy) is 2. The SMILES string of the molecule is COc1ccc(OCC(=O)NCc2ccco2)c(C(N)=O)c1. The second-order valence-electron chi connectivity index (χ2n) is 4.37. The lowest BCUT2D eigenvalue weighted by Gasteiger charge is -2.11. The molecule has 1 heterocycles. The van der Waals surface area contributed by atoms with Crippen LogP contribution in [-0.4, -0.2) is 25.5 Å². The second kappa shape index (κ2) is 7.16. The number of nitrogens with two attached hydrogens (primary N) is 1. The van der Waals surface area contributed by atoms with Crippen molar-refractivity contribution in [2.45, 2.75) is 6.54 Å². The standard InChI is InChI=1S/C15H16N2O5/c1-20-10-4-5-13(12(7-10)15(16)19)22-9-14(18)17-8-11-3-2-6-21-11/h2-7H,8-9H2,1H3,(H2,16,19)(H,17,18). The van der Waals surface area contributed by atoms with Gasteiger partial charge in [0.05, 0.1) is 25.5 Å². The van der Waals surface area contributed by atoms with Crippen LogP contribution in [0.4, 0.5) is 0 Å². The maximum atomic E-state index is 11.7. The zero-order chi connectivity index (χ0) is 15.9. The van der Waals surface area contributed by atoms with Gasteiger partial charge in [0.2, 0.25) is 0 Å². The Kier molecular flexibility index (Phi) is 5.02. The Labute approximate surface area is 127 Å². The van der Waals surface area contributed by atoms with Crippen LogP contribution in [0.15, 0.2) is 41.0 Å². The van der Waals surface area contributed by atoms with E-state index in [1.807, 2.05) is 0 Å². The summed E-state index contributed by atoms with van der Waals surface area (Å²) in [6, 6.07) is 8.07. The molecule has 116 valence electrons. The third kappa shape index (κ3) is 4.02. The van der Waals surface area contributed by atoms with Crippen molar-refractivity contribution in [2.75, 3.05) is 13.7 Å². The first-order valence-corrected chi connectivity index (χ1v) is 6.50. The normalized spacial score (nSPS) is 10.0. The van der Waals surface area contributed by atoms with Gasteiger partial charge in [0.25, 0.3) is 11.8 Å². The summed E-state index contributed by atoms with van der Waals surface area (Å²) in [5, 5.41) is 2.63.